The van der Waals surface area contributed by atoms with Gasteiger partial charge in [-0.25, -0.2) is 0 Å². The number of anilines is 1. The molecule has 0 unspecified atom stereocenters. The number of aromatic nitrogens is 2. The summed E-state index contributed by atoms with van der Waals surface area (Å²) >= 11 is 0. The Bertz CT molecular complexity index is 2610. The first-order chi connectivity index (χ1) is 27.6. The minimum absolute atomic E-state index is 0. The van der Waals surface area contributed by atoms with Crippen LogP contribution in [-0.4, -0.2) is 41.9 Å². The highest BCUT2D eigenvalue weighted by Crippen LogP contribution is 2.53. The fraction of sp³-hybridized carbons (Fsp3) is 0.400. The molecule has 4 aliphatic rings. The molecular weight excluding hydrogens is 739 g/mol. The van der Waals surface area contributed by atoms with Crippen molar-refractivity contribution in [2.45, 2.75) is 103 Å². The van der Waals surface area contributed by atoms with Crippen LogP contribution in [0.15, 0.2) is 84.9 Å². The van der Waals surface area contributed by atoms with Crippen LogP contribution in [-0.2, 0) is 44.7 Å². The summed E-state index contributed by atoms with van der Waals surface area (Å²) in [5.74, 6) is 3.42. The number of ether oxygens (including phenoxy) is 4. The summed E-state index contributed by atoms with van der Waals surface area (Å²) in [6, 6.07) is 28.8. The van der Waals surface area contributed by atoms with Crippen LogP contribution < -0.4 is 23.8 Å². The molecule has 2 aliphatic carbocycles. The molecule has 6 aromatic rings. The molecule has 2 saturated carbocycles. The Labute approximate surface area is 347 Å². The van der Waals surface area contributed by atoms with Gasteiger partial charge in [0.1, 0.15) is 5.78 Å². The van der Waals surface area contributed by atoms with E-state index in [1.54, 1.807) is 4.90 Å². The molecule has 0 bridgehead atoms. The minimum Gasteiger partial charge on any atom is -0.454 e. The third-order valence-corrected chi connectivity index (χ3v) is 12.6. The summed E-state index contributed by atoms with van der Waals surface area (Å²) in [5, 5.41) is 2.33. The van der Waals surface area contributed by atoms with Gasteiger partial charge in [-0.1, -0.05) is 67.2 Å². The number of aryl methyl sites for hydroxylation is 1. The largest absolute Gasteiger partial charge is 0.454 e. The quantitative estimate of drug-likeness (QED) is 0.173. The van der Waals surface area contributed by atoms with Crippen LogP contribution in [0, 0.1) is 0 Å². The number of likely N-dealkylation sites (N-methyl/N-ethyl adjacent to an activating group) is 1. The Morgan fingerprint density at radius 2 is 1.27 bits per heavy atom. The van der Waals surface area contributed by atoms with Gasteiger partial charge in [0, 0.05) is 64.8 Å². The fourth-order valence-electron chi connectivity index (χ4n) is 8.75. The van der Waals surface area contributed by atoms with Crippen molar-refractivity contribution < 1.29 is 28.5 Å². The summed E-state index contributed by atoms with van der Waals surface area (Å²) in [6.45, 7) is 13.8. The Kier molecular flexibility index (Phi) is 9.68. The van der Waals surface area contributed by atoms with E-state index in [9.17, 15) is 9.59 Å². The number of amides is 1. The number of hydrogen-bond acceptors (Lipinski definition) is 6. The van der Waals surface area contributed by atoms with Gasteiger partial charge in [0.05, 0.1) is 10.8 Å². The molecule has 2 aromatic heterocycles. The van der Waals surface area contributed by atoms with Crippen molar-refractivity contribution in [1.82, 2.24) is 9.55 Å². The molecule has 1 amide bonds. The van der Waals surface area contributed by atoms with E-state index in [2.05, 4.69) is 101 Å². The maximum atomic E-state index is 13.5. The first-order valence-corrected chi connectivity index (χ1v) is 20.4. The van der Waals surface area contributed by atoms with Crippen LogP contribution in [0.3, 0.4) is 0 Å². The lowest BCUT2D eigenvalue weighted by molar-refractivity contribution is -0.121. The zero-order valence-electron chi connectivity index (χ0n) is 34.9. The lowest BCUT2D eigenvalue weighted by Gasteiger charge is -2.24. The first kappa shape index (κ1) is 40.1. The Morgan fingerprint density at radius 3 is 1.85 bits per heavy atom. The topological polar surface area (TPSA) is 95.0 Å². The van der Waals surface area contributed by atoms with E-state index in [-0.39, 0.29) is 48.9 Å². The van der Waals surface area contributed by atoms with E-state index in [0.717, 1.165) is 82.0 Å². The summed E-state index contributed by atoms with van der Waals surface area (Å²) in [6.07, 6.45) is 3.99. The highest BCUT2D eigenvalue weighted by molar-refractivity contribution is 6.04. The van der Waals surface area contributed by atoms with Crippen molar-refractivity contribution in [3.8, 4) is 23.0 Å². The zero-order chi connectivity index (χ0) is 40.8. The molecule has 0 radical (unpaired) electrons. The second kappa shape index (κ2) is 14.2. The third-order valence-electron chi connectivity index (χ3n) is 12.6. The molecule has 0 atom stereocenters. The van der Waals surface area contributed by atoms with Gasteiger partial charge in [-0.15, -0.1) is 0 Å². The van der Waals surface area contributed by atoms with Gasteiger partial charge in [0.15, 0.2) is 23.0 Å². The number of carbonyl (C=O) groups excluding carboxylic acids is 2. The molecule has 10 rings (SSSR count). The predicted octanol–water partition coefficient (Wildman–Crippen LogP) is 10.6. The molecule has 2 aliphatic heterocycles. The van der Waals surface area contributed by atoms with Gasteiger partial charge in [0.2, 0.25) is 19.5 Å². The highest BCUT2D eigenvalue weighted by atomic mass is 16.7. The standard InChI is InChI=1S/C25H28N2O3.C24H25NO3.CH4/c1-24(2,3)22-13-16-12-18(7-8-19(16)27(22)5)26(4)23(28)25(10-11-25)17-6-9-20-21(14-17)30-15-29-20;1-23(2,3)21-12-16-10-15(4-6-18(16)25-21)11-22(26)24(8-9-24)17-5-7-19-20(13-17)28-14-27-19;/h6-9,12-14H,10-11,15H2,1-5H3;4-7,10,12-13,25H,8-9,11,14H2,1-3H3;1H4. The van der Waals surface area contributed by atoms with Crippen LogP contribution in [0.25, 0.3) is 21.8 Å². The maximum Gasteiger partial charge on any atom is 0.237 e. The molecule has 9 nitrogen and oxygen atoms in total. The Morgan fingerprint density at radius 1 is 0.678 bits per heavy atom. The number of ketones is 1. The number of rotatable bonds is 7. The van der Waals surface area contributed by atoms with Crippen molar-refractivity contribution in [2.75, 3.05) is 25.5 Å². The second-order valence-corrected chi connectivity index (χ2v) is 18.7. The Balaban J connectivity index is 0.000000162. The third kappa shape index (κ3) is 7.12. The predicted molar refractivity (Wildman–Crippen MR) is 234 cm³/mol. The number of Topliss-reactive ketones (excluding diaryl/α,β-unsaturated/α-hetero) is 1. The van der Waals surface area contributed by atoms with Crippen molar-refractivity contribution in [1.29, 1.82) is 0 Å². The van der Waals surface area contributed by atoms with Crippen LogP contribution in [0.1, 0.15) is 103 Å². The lowest BCUT2D eigenvalue weighted by Crippen LogP contribution is -2.36. The molecular formula is C50H57N3O6. The zero-order valence-corrected chi connectivity index (χ0v) is 34.9. The van der Waals surface area contributed by atoms with E-state index in [4.69, 9.17) is 18.9 Å². The molecule has 1 N–H and O–H groups in total. The van der Waals surface area contributed by atoms with E-state index in [0.29, 0.717) is 6.42 Å². The average molecular weight is 796 g/mol. The van der Waals surface area contributed by atoms with Crippen molar-refractivity contribution in [3.63, 3.8) is 0 Å². The van der Waals surface area contributed by atoms with Gasteiger partial charge >= 0.3 is 0 Å². The van der Waals surface area contributed by atoms with E-state index < -0.39 is 5.41 Å². The van der Waals surface area contributed by atoms with Crippen molar-refractivity contribution in [2.24, 2.45) is 7.05 Å². The number of carbonyl (C=O) groups is 2. The number of nitrogens with zero attached hydrogens (tertiary/aromatic N) is 2. The average Bonchev–Trinajstić information content (AvgIpc) is 3.92. The molecule has 0 saturated heterocycles. The minimum atomic E-state index is -0.460. The molecule has 4 heterocycles. The second-order valence-electron chi connectivity index (χ2n) is 18.7. The smallest absolute Gasteiger partial charge is 0.237 e. The van der Waals surface area contributed by atoms with Crippen molar-refractivity contribution >= 4 is 39.2 Å². The molecule has 0 spiro atoms. The van der Waals surface area contributed by atoms with Crippen LogP contribution >= 0.6 is 0 Å². The number of fused-ring (bicyclic) bond motifs is 4. The van der Waals surface area contributed by atoms with Crippen LogP contribution in [0.4, 0.5) is 5.69 Å². The molecule has 308 valence electrons. The van der Waals surface area contributed by atoms with Gasteiger partial charge in [0.25, 0.3) is 0 Å². The SMILES string of the molecule is C.CC(C)(C)c1cc2cc(CC(=O)C3(c4ccc5c(c4)OCO5)CC3)ccc2[nH]1.CN(C(=O)C1(c2ccc3c(c2)OCO3)CC1)c1ccc2c(c1)cc(C(C)(C)C)n2C. The number of H-pyrrole nitrogens is 1. The van der Waals surface area contributed by atoms with Crippen LogP contribution in [0.2, 0.25) is 0 Å². The molecule has 59 heavy (non-hydrogen) atoms. The lowest BCUT2D eigenvalue weighted by atomic mass is 9.87. The van der Waals surface area contributed by atoms with E-state index in [1.165, 1.54) is 22.3 Å². The number of aromatic amines is 1. The van der Waals surface area contributed by atoms with Gasteiger partial charge in [-0.3, -0.25) is 9.59 Å². The molecule has 4 aromatic carbocycles. The molecule has 9 heteroatoms. The maximum absolute atomic E-state index is 13.5. The Hall–Kier alpha value is -5.70. The number of hydrogen-bond donors (Lipinski definition) is 1. The summed E-state index contributed by atoms with van der Waals surface area (Å²) < 4.78 is 24.1. The van der Waals surface area contributed by atoms with Crippen molar-refractivity contribution in [3.05, 3.63) is 113 Å². The summed E-state index contributed by atoms with van der Waals surface area (Å²) in [7, 11) is 3.99. The van der Waals surface area contributed by atoms with E-state index in [1.807, 2.05) is 49.5 Å². The van der Waals surface area contributed by atoms with Gasteiger partial charge in [-0.05, 0) is 114 Å². The van der Waals surface area contributed by atoms with E-state index >= 15 is 0 Å². The number of benzene rings is 4. The van der Waals surface area contributed by atoms with Gasteiger partial charge < -0.3 is 33.4 Å². The summed E-state index contributed by atoms with van der Waals surface area (Å²) in [5.41, 5.74) is 8.18. The highest BCUT2D eigenvalue weighted by Gasteiger charge is 2.53. The molecule has 2 fully saturated rings. The monoisotopic (exact) mass is 795 g/mol. The summed E-state index contributed by atoms with van der Waals surface area (Å²) in [4.78, 5) is 32.1. The van der Waals surface area contributed by atoms with Gasteiger partial charge in [-0.2, -0.15) is 0 Å². The number of nitrogens with one attached hydrogen (secondary N) is 1. The first-order valence-electron chi connectivity index (χ1n) is 20.4. The normalized spacial score (nSPS) is 16.6. The van der Waals surface area contributed by atoms with Crippen LogP contribution in [0.5, 0.6) is 23.0 Å². The fourth-order valence-corrected chi connectivity index (χ4v) is 8.75.